The zero-order valence-electron chi connectivity index (χ0n) is 15.9. The zero-order valence-corrected chi connectivity index (χ0v) is 16.8. The number of furan rings is 1. The third kappa shape index (κ3) is 5.76. The number of aryl methyl sites for hydroxylation is 1. The van der Waals surface area contributed by atoms with Crippen molar-refractivity contribution in [3.63, 3.8) is 0 Å². The minimum Gasteiger partial charge on any atom is -0.455 e. The fraction of sp³-hybridized carbons (Fsp3) is 0.450. The Kier molecular flexibility index (Phi) is 6.82. The Morgan fingerprint density at radius 3 is 2.70 bits per heavy atom. The predicted octanol–water partition coefficient (Wildman–Crippen LogP) is 1.87. The third-order valence-electron chi connectivity index (χ3n) is 4.72. The maximum absolute atomic E-state index is 12.5. The van der Waals surface area contributed by atoms with Crippen LogP contribution in [-0.4, -0.2) is 66.2 Å². The number of carbonyl (C=O) groups excluding carboxylic acids is 1. The van der Waals surface area contributed by atoms with Gasteiger partial charge < -0.3 is 14.6 Å². The van der Waals surface area contributed by atoms with Gasteiger partial charge in [0, 0.05) is 44.2 Å². The highest BCUT2D eigenvalue weighted by atomic mass is 32.2. The molecule has 6 nitrogen and oxygen atoms in total. The van der Waals surface area contributed by atoms with Gasteiger partial charge in [0.05, 0.1) is 16.6 Å². The highest BCUT2D eigenvalue weighted by Crippen LogP contribution is 2.16. The lowest BCUT2D eigenvalue weighted by molar-refractivity contribution is 0.0912. The summed E-state index contributed by atoms with van der Waals surface area (Å²) in [7, 11) is 0.932. The van der Waals surface area contributed by atoms with E-state index in [1.165, 1.54) is 0 Å². The summed E-state index contributed by atoms with van der Waals surface area (Å²) in [6.07, 6.45) is 0. The van der Waals surface area contributed by atoms with E-state index >= 15 is 0 Å². The van der Waals surface area contributed by atoms with Crippen molar-refractivity contribution in [1.29, 1.82) is 0 Å². The van der Waals surface area contributed by atoms with E-state index in [2.05, 4.69) is 22.2 Å². The standard InChI is InChI=1S/C20H27N3O3S/c1-16-4-3-5-18(14-16)27(25)15-17-6-7-19(26-17)20(24)21-8-9-23-12-10-22(2)11-13-23/h3-7,14H,8-13,15H2,1-2H3,(H,21,24)/t27-/m0/s1. The second-order valence-corrected chi connectivity index (χ2v) is 8.42. The molecule has 1 aromatic carbocycles. The van der Waals surface area contributed by atoms with Crippen LogP contribution < -0.4 is 5.32 Å². The van der Waals surface area contributed by atoms with E-state index in [1.54, 1.807) is 12.1 Å². The number of nitrogens with one attached hydrogen (secondary N) is 1. The second-order valence-electron chi connectivity index (χ2n) is 6.97. The Hall–Kier alpha value is -1.96. The highest BCUT2D eigenvalue weighted by molar-refractivity contribution is 7.84. The zero-order chi connectivity index (χ0) is 19.2. The van der Waals surface area contributed by atoms with Crippen LogP contribution in [0, 0.1) is 6.92 Å². The van der Waals surface area contributed by atoms with Gasteiger partial charge in [0.1, 0.15) is 5.76 Å². The lowest BCUT2D eigenvalue weighted by Crippen LogP contribution is -2.46. The molecule has 2 heterocycles. The number of hydrogen-bond acceptors (Lipinski definition) is 5. The van der Waals surface area contributed by atoms with Crippen LogP contribution >= 0.6 is 0 Å². The fourth-order valence-corrected chi connectivity index (χ4v) is 4.16. The number of likely N-dealkylation sites (N-methyl/N-ethyl adjacent to an activating group) is 1. The van der Waals surface area contributed by atoms with Gasteiger partial charge in [0.25, 0.3) is 5.91 Å². The monoisotopic (exact) mass is 389 g/mol. The number of piperazine rings is 1. The quantitative estimate of drug-likeness (QED) is 0.783. The average Bonchev–Trinajstić information content (AvgIpc) is 3.12. The van der Waals surface area contributed by atoms with E-state index in [-0.39, 0.29) is 17.4 Å². The van der Waals surface area contributed by atoms with Crippen LogP contribution in [0.25, 0.3) is 0 Å². The van der Waals surface area contributed by atoms with Crippen LogP contribution in [-0.2, 0) is 16.6 Å². The Morgan fingerprint density at radius 2 is 1.96 bits per heavy atom. The van der Waals surface area contributed by atoms with E-state index in [0.717, 1.165) is 43.2 Å². The van der Waals surface area contributed by atoms with Gasteiger partial charge in [0.2, 0.25) is 0 Å². The largest absolute Gasteiger partial charge is 0.455 e. The van der Waals surface area contributed by atoms with Crippen molar-refractivity contribution < 1.29 is 13.4 Å². The number of benzene rings is 1. The minimum atomic E-state index is -1.19. The van der Waals surface area contributed by atoms with Crippen LogP contribution in [0.4, 0.5) is 0 Å². The second kappa shape index (κ2) is 9.30. The Labute approximate surface area is 163 Å². The molecular formula is C20H27N3O3S. The molecule has 0 aliphatic carbocycles. The molecule has 0 bridgehead atoms. The van der Waals surface area contributed by atoms with Gasteiger partial charge in [-0.3, -0.25) is 13.9 Å². The average molecular weight is 390 g/mol. The number of amides is 1. The van der Waals surface area contributed by atoms with Crippen LogP contribution in [0.5, 0.6) is 0 Å². The first-order valence-corrected chi connectivity index (χ1v) is 10.6. The number of hydrogen-bond donors (Lipinski definition) is 1. The molecule has 2 aromatic rings. The van der Waals surface area contributed by atoms with Gasteiger partial charge in [-0.15, -0.1) is 0 Å². The first-order valence-electron chi connectivity index (χ1n) is 9.24. The van der Waals surface area contributed by atoms with E-state index in [9.17, 15) is 9.00 Å². The summed E-state index contributed by atoms with van der Waals surface area (Å²) in [5.41, 5.74) is 1.07. The number of rotatable bonds is 7. The molecule has 1 aliphatic rings. The molecule has 0 spiro atoms. The van der Waals surface area contributed by atoms with Crippen molar-refractivity contribution >= 4 is 16.7 Å². The fourth-order valence-electron chi connectivity index (χ4n) is 3.03. The number of nitrogens with zero attached hydrogens (tertiary/aromatic N) is 2. The molecule has 0 saturated carbocycles. The maximum atomic E-state index is 12.5. The maximum Gasteiger partial charge on any atom is 0.287 e. The van der Waals surface area contributed by atoms with Gasteiger partial charge in [0.15, 0.2) is 5.76 Å². The lowest BCUT2D eigenvalue weighted by atomic mass is 10.2. The Morgan fingerprint density at radius 1 is 1.19 bits per heavy atom. The molecule has 0 unspecified atom stereocenters. The van der Waals surface area contributed by atoms with Crippen molar-refractivity contribution in [2.75, 3.05) is 46.3 Å². The summed E-state index contributed by atoms with van der Waals surface area (Å²) in [4.78, 5) is 17.7. The molecule has 146 valence electrons. The van der Waals surface area contributed by atoms with Gasteiger partial charge in [-0.25, -0.2) is 0 Å². The highest BCUT2D eigenvalue weighted by Gasteiger charge is 2.16. The van der Waals surface area contributed by atoms with Crippen LogP contribution in [0.1, 0.15) is 21.9 Å². The molecule has 1 atom stereocenters. The molecule has 1 N–H and O–H groups in total. The van der Waals surface area contributed by atoms with Gasteiger partial charge >= 0.3 is 0 Å². The Bertz CT molecular complexity index is 797. The number of carbonyl (C=O) groups is 1. The molecule has 27 heavy (non-hydrogen) atoms. The summed E-state index contributed by atoms with van der Waals surface area (Å²) in [5.74, 6) is 0.860. The van der Waals surface area contributed by atoms with Crippen molar-refractivity contribution in [3.05, 3.63) is 53.5 Å². The molecule has 1 saturated heterocycles. The van der Waals surface area contributed by atoms with Crippen LogP contribution in [0.3, 0.4) is 0 Å². The molecular weight excluding hydrogens is 362 g/mol. The molecule has 1 aromatic heterocycles. The van der Waals surface area contributed by atoms with Crippen LogP contribution in [0.2, 0.25) is 0 Å². The molecule has 1 amide bonds. The van der Waals surface area contributed by atoms with Crippen molar-refractivity contribution in [3.8, 4) is 0 Å². The molecule has 0 radical (unpaired) electrons. The molecule has 1 aliphatic heterocycles. The normalized spacial score (nSPS) is 17.0. The van der Waals surface area contributed by atoms with E-state index < -0.39 is 10.8 Å². The summed E-state index contributed by atoms with van der Waals surface area (Å²) in [6, 6.07) is 11.0. The van der Waals surface area contributed by atoms with Crippen molar-refractivity contribution in [2.24, 2.45) is 0 Å². The minimum absolute atomic E-state index is 0.225. The summed E-state index contributed by atoms with van der Waals surface area (Å²) in [6.45, 7) is 7.59. The van der Waals surface area contributed by atoms with Crippen LogP contribution in [0.15, 0.2) is 45.7 Å². The summed E-state index contributed by atoms with van der Waals surface area (Å²) < 4.78 is 18.1. The van der Waals surface area contributed by atoms with Gasteiger partial charge in [-0.1, -0.05) is 12.1 Å². The van der Waals surface area contributed by atoms with E-state index in [1.807, 2.05) is 31.2 Å². The molecule has 1 fully saturated rings. The smallest absolute Gasteiger partial charge is 0.287 e. The SMILES string of the molecule is Cc1cccc([S@@](=O)Cc2ccc(C(=O)NCCN3CCN(C)CC3)o2)c1. The first kappa shape index (κ1) is 19.8. The first-order chi connectivity index (χ1) is 13.0. The van der Waals surface area contributed by atoms with E-state index in [4.69, 9.17) is 4.42 Å². The topological polar surface area (TPSA) is 65.8 Å². The molecule has 7 heteroatoms. The summed E-state index contributed by atoms with van der Waals surface area (Å²) >= 11 is 0. The Balaban J connectivity index is 1.46. The van der Waals surface area contributed by atoms with E-state index in [0.29, 0.717) is 12.3 Å². The predicted molar refractivity (Wildman–Crippen MR) is 106 cm³/mol. The third-order valence-corrected chi connectivity index (χ3v) is 6.05. The van der Waals surface area contributed by atoms with Gasteiger partial charge in [-0.2, -0.15) is 0 Å². The van der Waals surface area contributed by atoms with Crippen molar-refractivity contribution in [2.45, 2.75) is 17.6 Å². The molecule has 3 rings (SSSR count). The summed E-state index contributed by atoms with van der Waals surface area (Å²) in [5, 5.41) is 2.90. The van der Waals surface area contributed by atoms with Crippen molar-refractivity contribution in [1.82, 2.24) is 15.1 Å². The van der Waals surface area contributed by atoms with Gasteiger partial charge in [-0.05, 0) is 43.8 Å². The lowest BCUT2D eigenvalue weighted by Gasteiger charge is -2.32.